The smallest absolute Gasteiger partial charge is 0.408 e. The highest BCUT2D eigenvalue weighted by molar-refractivity contribution is 5.81. The first-order valence-corrected chi connectivity index (χ1v) is 6.77. The zero-order chi connectivity index (χ0) is 16.8. The molecule has 0 fully saturated rings. The number of nitrogens with zero attached hydrogens (tertiary/aromatic N) is 3. The Kier molecular flexibility index (Phi) is 6.26. The van der Waals surface area contributed by atoms with Gasteiger partial charge < -0.3 is 14.8 Å². The highest BCUT2D eigenvalue weighted by Crippen LogP contribution is 2.08. The van der Waals surface area contributed by atoms with Gasteiger partial charge in [-0.2, -0.15) is 0 Å². The molecule has 0 saturated carbocycles. The minimum atomic E-state index is -0.963. The van der Waals surface area contributed by atoms with E-state index in [1.807, 2.05) is 0 Å². The van der Waals surface area contributed by atoms with Crippen molar-refractivity contribution in [2.45, 2.75) is 45.4 Å². The first-order valence-electron chi connectivity index (χ1n) is 6.77. The fourth-order valence-electron chi connectivity index (χ4n) is 1.62. The number of rotatable bonds is 6. The monoisotopic (exact) mass is 316 g/mol. The number of hydrogen-bond acceptors (Lipinski definition) is 6. The van der Waals surface area contributed by atoms with E-state index >= 15 is 0 Å². The highest BCUT2D eigenvalue weighted by atomic mass is 19.1. The Labute approximate surface area is 128 Å². The lowest BCUT2D eigenvalue weighted by Gasteiger charge is -2.22. The average molecular weight is 316 g/mol. The number of amides is 1. The van der Waals surface area contributed by atoms with Crippen LogP contribution in [0.3, 0.4) is 0 Å². The molecule has 1 N–H and O–H groups in total. The predicted octanol–water partition coefficient (Wildman–Crippen LogP) is 0.856. The molecule has 0 aliphatic carbocycles. The van der Waals surface area contributed by atoms with E-state index in [-0.39, 0.29) is 13.0 Å². The Morgan fingerprint density at radius 3 is 2.68 bits per heavy atom. The van der Waals surface area contributed by atoms with Gasteiger partial charge in [0.1, 0.15) is 18.3 Å². The van der Waals surface area contributed by atoms with E-state index in [9.17, 15) is 14.0 Å². The fourth-order valence-corrected chi connectivity index (χ4v) is 1.62. The molecule has 1 unspecified atom stereocenters. The molecular formula is C13H21FN4O4. The number of aryl methyl sites for hydroxylation is 1. The number of ether oxygens (including phenoxy) is 2. The van der Waals surface area contributed by atoms with Crippen LogP contribution in [0.15, 0.2) is 6.20 Å². The maximum absolute atomic E-state index is 12.2. The van der Waals surface area contributed by atoms with E-state index in [1.54, 1.807) is 20.8 Å². The Bertz CT molecular complexity index is 512. The largest absolute Gasteiger partial charge is 0.467 e. The zero-order valence-corrected chi connectivity index (χ0v) is 13.1. The number of halogens is 1. The summed E-state index contributed by atoms with van der Waals surface area (Å²) >= 11 is 0. The molecule has 0 spiro atoms. The third-order valence-electron chi connectivity index (χ3n) is 2.49. The SMILES string of the molecule is COC(=O)C(Cc1cn(CCF)nn1)NC(=O)OC(C)(C)C. The number of hydrogen-bond donors (Lipinski definition) is 1. The molecule has 124 valence electrons. The highest BCUT2D eigenvalue weighted by Gasteiger charge is 2.26. The van der Waals surface area contributed by atoms with Crippen LogP contribution in [0.1, 0.15) is 26.5 Å². The van der Waals surface area contributed by atoms with Crippen LogP contribution in [0.5, 0.6) is 0 Å². The number of nitrogens with one attached hydrogen (secondary N) is 1. The molecule has 1 amide bonds. The van der Waals surface area contributed by atoms with Gasteiger partial charge in [-0.3, -0.25) is 0 Å². The van der Waals surface area contributed by atoms with Crippen LogP contribution in [0, 0.1) is 0 Å². The van der Waals surface area contributed by atoms with Gasteiger partial charge in [0.15, 0.2) is 0 Å². The summed E-state index contributed by atoms with van der Waals surface area (Å²) in [4.78, 5) is 23.5. The quantitative estimate of drug-likeness (QED) is 0.782. The van der Waals surface area contributed by atoms with Crippen molar-refractivity contribution in [1.29, 1.82) is 0 Å². The normalized spacial score (nSPS) is 12.6. The molecule has 8 nitrogen and oxygen atoms in total. The Morgan fingerprint density at radius 1 is 1.45 bits per heavy atom. The Balaban J connectivity index is 2.71. The lowest BCUT2D eigenvalue weighted by atomic mass is 10.1. The fraction of sp³-hybridized carbons (Fsp3) is 0.692. The van der Waals surface area contributed by atoms with E-state index in [1.165, 1.54) is 18.0 Å². The van der Waals surface area contributed by atoms with Crippen molar-refractivity contribution in [3.8, 4) is 0 Å². The van der Waals surface area contributed by atoms with Crippen LogP contribution < -0.4 is 5.32 Å². The molecule has 0 radical (unpaired) electrons. The van der Waals surface area contributed by atoms with Crippen molar-refractivity contribution in [1.82, 2.24) is 20.3 Å². The van der Waals surface area contributed by atoms with Crippen LogP contribution in [-0.2, 0) is 27.2 Å². The number of aromatic nitrogens is 3. The van der Waals surface area contributed by atoms with Crippen LogP contribution in [0.2, 0.25) is 0 Å². The Morgan fingerprint density at radius 2 is 2.14 bits per heavy atom. The number of methoxy groups -OCH3 is 1. The van der Waals surface area contributed by atoms with Crippen molar-refractivity contribution >= 4 is 12.1 Å². The van der Waals surface area contributed by atoms with E-state index in [0.29, 0.717) is 5.69 Å². The van der Waals surface area contributed by atoms with Crippen molar-refractivity contribution in [3.63, 3.8) is 0 Å². The van der Waals surface area contributed by atoms with Gasteiger partial charge in [-0.15, -0.1) is 5.10 Å². The molecule has 9 heteroatoms. The van der Waals surface area contributed by atoms with E-state index in [4.69, 9.17) is 4.74 Å². The van der Waals surface area contributed by atoms with E-state index in [0.717, 1.165) is 0 Å². The molecule has 1 aromatic heterocycles. The van der Waals surface area contributed by atoms with E-state index in [2.05, 4.69) is 20.4 Å². The number of esters is 1. The molecular weight excluding hydrogens is 295 g/mol. The molecule has 0 aromatic carbocycles. The third kappa shape index (κ3) is 6.06. The van der Waals surface area contributed by atoms with Gasteiger partial charge in [0.05, 0.1) is 19.3 Å². The zero-order valence-electron chi connectivity index (χ0n) is 13.1. The first-order chi connectivity index (χ1) is 10.2. The number of alkyl carbamates (subject to hydrolysis) is 1. The third-order valence-corrected chi connectivity index (χ3v) is 2.49. The summed E-state index contributed by atoms with van der Waals surface area (Å²) in [6.45, 7) is 4.64. The summed E-state index contributed by atoms with van der Waals surface area (Å²) in [6, 6.07) is -0.963. The molecule has 0 aliphatic rings. The van der Waals surface area contributed by atoms with Crippen LogP contribution in [-0.4, -0.2) is 52.5 Å². The molecule has 0 saturated heterocycles. The van der Waals surface area contributed by atoms with Gasteiger partial charge in [-0.25, -0.2) is 18.7 Å². The Hall–Kier alpha value is -2.19. The maximum atomic E-state index is 12.2. The topological polar surface area (TPSA) is 95.3 Å². The van der Waals surface area contributed by atoms with Crippen molar-refractivity contribution in [2.24, 2.45) is 0 Å². The van der Waals surface area contributed by atoms with Gasteiger partial charge >= 0.3 is 12.1 Å². The van der Waals surface area contributed by atoms with Gasteiger partial charge in [-0.05, 0) is 20.8 Å². The summed E-state index contributed by atoms with van der Waals surface area (Å²) in [6.07, 6.45) is 0.837. The summed E-state index contributed by atoms with van der Waals surface area (Å²) < 4.78 is 23.3. The van der Waals surface area contributed by atoms with Crippen molar-refractivity contribution < 1.29 is 23.5 Å². The van der Waals surface area contributed by atoms with Crippen LogP contribution in [0.4, 0.5) is 9.18 Å². The minimum absolute atomic E-state index is 0.0677. The maximum Gasteiger partial charge on any atom is 0.408 e. The van der Waals surface area contributed by atoms with Gasteiger partial charge in [0, 0.05) is 12.6 Å². The molecule has 0 aliphatic heterocycles. The number of alkyl halides is 1. The summed E-state index contributed by atoms with van der Waals surface area (Å²) in [7, 11) is 1.21. The van der Waals surface area contributed by atoms with Gasteiger partial charge in [0.2, 0.25) is 0 Å². The van der Waals surface area contributed by atoms with Gasteiger partial charge in [-0.1, -0.05) is 5.21 Å². The lowest BCUT2D eigenvalue weighted by molar-refractivity contribution is -0.143. The summed E-state index contributed by atoms with van der Waals surface area (Å²) in [5.74, 6) is -0.633. The van der Waals surface area contributed by atoms with Crippen molar-refractivity contribution in [3.05, 3.63) is 11.9 Å². The molecule has 1 rings (SSSR count). The van der Waals surface area contributed by atoms with Crippen molar-refractivity contribution in [2.75, 3.05) is 13.8 Å². The summed E-state index contributed by atoms with van der Waals surface area (Å²) in [5, 5.41) is 9.96. The second-order valence-corrected chi connectivity index (χ2v) is 5.59. The number of carbonyl (C=O) groups excluding carboxylic acids is 2. The van der Waals surface area contributed by atoms with Crippen LogP contribution in [0.25, 0.3) is 0 Å². The standard InChI is InChI=1S/C13H21FN4O4/c1-13(2,3)22-12(20)15-10(11(19)21-4)7-9-8-18(6-5-14)17-16-9/h8,10H,5-7H2,1-4H3,(H,15,20). The molecule has 1 heterocycles. The van der Waals surface area contributed by atoms with Gasteiger partial charge in [0.25, 0.3) is 0 Å². The van der Waals surface area contributed by atoms with E-state index < -0.39 is 30.4 Å². The second-order valence-electron chi connectivity index (χ2n) is 5.59. The lowest BCUT2D eigenvalue weighted by Crippen LogP contribution is -2.45. The molecule has 1 aromatic rings. The second kappa shape index (κ2) is 7.71. The molecule has 1 atom stereocenters. The minimum Gasteiger partial charge on any atom is -0.467 e. The molecule has 0 bridgehead atoms. The summed E-state index contributed by atoms with van der Waals surface area (Å²) in [5.41, 5.74) is -0.255. The van der Waals surface area contributed by atoms with Crippen LogP contribution >= 0.6 is 0 Å². The molecule has 22 heavy (non-hydrogen) atoms. The average Bonchev–Trinajstić information content (AvgIpc) is 2.82. The number of carbonyl (C=O) groups is 2. The first kappa shape index (κ1) is 17.9. The predicted molar refractivity (Wildman–Crippen MR) is 74.9 cm³/mol.